The molecule has 2 fully saturated rings. The van der Waals surface area contributed by atoms with Crippen LogP contribution >= 0.6 is 0 Å². The highest BCUT2D eigenvalue weighted by Gasteiger charge is 2.46. The topological polar surface area (TPSA) is 35.5 Å². The van der Waals surface area contributed by atoms with Gasteiger partial charge < -0.3 is 10.4 Å². The van der Waals surface area contributed by atoms with E-state index in [1.165, 1.54) is 29.5 Å². The molecule has 0 saturated carbocycles. The first kappa shape index (κ1) is 15.0. The van der Waals surface area contributed by atoms with Crippen molar-refractivity contribution >= 4 is 0 Å². The van der Waals surface area contributed by atoms with Gasteiger partial charge in [0.05, 0.1) is 0 Å². The van der Waals surface area contributed by atoms with Gasteiger partial charge in [-0.3, -0.25) is 4.90 Å². The van der Waals surface area contributed by atoms with Crippen molar-refractivity contribution in [2.24, 2.45) is 11.3 Å². The Morgan fingerprint density at radius 2 is 2.00 bits per heavy atom. The number of nitrogens with one attached hydrogen (secondary N) is 1. The predicted molar refractivity (Wildman–Crippen MR) is 86.3 cm³/mol. The number of piperidine rings is 1. The van der Waals surface area contributed by atoms with E-state index in [2.05, 4.69) is 42.3 Å². The average Bonchev–Trinajstić information content (AvgIpc) is 2.80. The molecule has 0 radical (unpaired) electrons. The predicted octanol–water partition coefficient (Wildman–Crippen LogP) is 2.10. The molecule has 1 aromatic carbocycles. The van der Waals surface area contributed by atoms with Gasteiger partial charge in [0.2, 0.25) is 0 Å². The quantitative estimate of drug-likeness (QED) is 0.894. The Labute approximate surface area is 128 Å². The van der Waals surface area contributed by atoms with Crippen LogP contribution in [0, 0.1) is 25.2 Å². The van der Waals surface area contributed by atoms with Gasteiger partial charge in [-0.15, -0.1) is 0 Å². The van der Waals surface area contributed by atoms with Crippen LogP contribution in [0.25, 0.3) is 0 Å². The molecular formula is C18H28N2O. The van der Waals surface area contributed by atoms with Gasteiger partial charge in [-0.2, -0.15) is 0 Å². The summed E-state index contributed by atoms with van der Waals surface area (Å²) >= 11 is 0. The molecule has 2 aliphatic heterocycles. The zero-order chi connectivity index (χ0) is 14.9. The molecule has 1 aromatic rings. The first-order chi connectivity index (χ1) is 10.1. The normalized spacial score (nSPS) is 25.6. The van der Waals surface area contributed by atoms with Crippen molar-refractivity contribution in [2.75, 3.05) is 32.8 Å². The van der Waals surface area contributed by atoms with Gasteiger partial charge in [0, 0.05) is 32.2 Å². The molecule has 2 aliphatic rings. The molecule has 21 heavy (non-hydrogen) atoms. The third-order valence-electron chi connectivity index (χ3n) is 5.68. The van der Waals surface area contributed by atoms with E-state index in [0.29, 0.717) is 17.9 Å². The van der Waals surface area contributed by atoms with Crippen LogP contribution in [-0.2, 0) is 6.54 Å². The number of nitrogens with zero attached hydrogens (tertiary/aromatic N) is 1. The number of rotatable bonds is 3. The van der Waals surface area contributed by atoms with E-state index in [1.54, 1.807) is 0 Å². The Kier molecular flexibility index (Phi) is 4.34. The van der Waals surface area contributed by atoms with Crippen LogP contribution in [0.4, 0.5) is 0 Å². The van der Waals surface area contributed by atoms with Crippen molar-refractivity contribution in [3.63, 3.8) is 0 Å². The summed E-state index contributed by atoms with van der Waals surface area (Å²) in [7, 11) is 0. The van der Waals surface area contributed by atoms with Gasteiger partial charge in [-0.1, -0.05) is 18.2 Å². The molecule has 0 aromatic heterocycles. The third-order valence-corrected chi connectivity index (χ3v) is 5.68. The van der Waals surface area contributed by atoms with Crippen molar-refractivity contribution in [1.29, 1.82) is 0 Å². The lowest BCUT2D eigenvalue weighted by molar-refractivity contribution is 0.0984. The Morgan fingerprint density at radius 1 is 1.24 bits per heavy atom. The molecule has 1 spiro atoms. The zero-order valence-electron chi connectivity index (χ0n) is 13.4. The molecule has 116 valence electrons. The summed E-state index contributed by atoms with van der Waals surface area (Å²) in [6.45, 7) is 10.1. The van der Waals surface area contributed by atoms with Gasteiger partial charge in [0.1, 0.15) is 0 Å². The molecular weight excluding hydrogens is 260 g/mol. The highest BCUT2D eigenvalue weighted by atomic mass is 16.3. The van der Waals surface area contributed by atoms with E-state index in [0.717, 1.165) is 32.7 Å². The van der Waals surface area contributed by atoms with E-state index in [-0.39, 0.29) is 0 Å². The lowest BCUT2D eigenvalue weighted by Crippen LogP contribution is -2.42. The fourth-order valence-corrected chi connectivity index (χ4v) is 4.17. The van der Waals surface area contributed by atoms with Crippen LogP contribution in [0.3, 0.4) is 0 Å². The summed E-state index contributed by atoms with van der Waals surface area (Å²) in [6.07, 6.45) is 2.42. The molecule has 2 N–H and O–H groups in total. The number of likely N-dealkylation sites (tertiary alicyclic amines) is 1. The van der Waals surface area contributed by atoms with Crippen LogP contribution in [-0.4, -0.2) is 42.8 Å². The fourth-order valence-electron chi connectivity index (χ4n) is 4.17. The number of aliphatic hydroxyl groups excluding tert-OH is 1. The maximum Gasteiger partial charge on any atom is 0.0477 e. The minimum Gasteiger partial charge on any atom is -0.396 e. The summed E-state index contributed by atoms with van der Waals surface area (Å²) in [5, 5.41) is 13.3. The second kappa shape index (κ2) is 6.07. The van der Waals surface area contributed by atoms with Gasteiger partial charge in [-0.25, -0.2) is 0 Å². The van der Waals surface area contributed by atoms with E-state index < -0.39 is 0 Å². The minimum absolute atomic E-state index is 0.337. The number of hydrogen-bond acceptors (Lipinski definition) is 3. The molecule has 3 nitrogen and oxygen atoms in total. The SMILES string of the molecule is Cc1ccc(CN2CC(CO)C3(CCNCC3)C2)cc1C. The van der Waals surface area contributed by atoms with Crippen molar-refractivity contribution in [3.05, 3.63) is 34.9 Å². The summed E-state index contributed by atoms with van der Waals surface area (Å²) in [6, 6.07) is 6.80. The zero-order valence-corrected chi connectivity index (χ0v) is 13.4. The standard InChI is InChI=1S/C18H28N2O/c1-14-3-4-16(9-15(14)2)10-20-11-17(12-21)18(13-20)5-7-19-8-6-18/h3-4,9,17,19,21H,5-8,10-13H2,1-2H3. The van der Waals surface area contributed by atoms with E-state index in [9.17, 15) is 5.11 Å². The molecule has 1 atom stereocenters. The highest BCUT2D eigenvalue weighted by Crippen LogP contribution is 2.43. The van der Waals surface area contributed by atoms with Crippen molar-refractivity contribution in [3.8, 4) is 0 Å². The average molecular weight is 288 g/mol. The smallest absolute Gasteiger partial charge is 0.0477 e. The van der Waals surface area contributed by atoms with Crippen molar-refractivity contribution in [2.45, 2.75) is 33.2 Å². The van der Waals surface area contributed by atoms with Crippen molar-refractivity contribution < 1.29 is 5.11 Å². The summed E-state index contributed by atoms with van der Waals surface area (Å²) < 4.78 is 0. The Balaban J connectivity index is 1.71. The summed E-state index contributed by atoms with van der Waals surface area (Å²) in [5.41, 5.74) is 4.49. The van der Waals surface area contributed by atoms with Gasteiger partial charge >= 0.3 is 0 Å². The third kappa shape index (κ3) is 3.01. The van der Waals surface area contributed by atoms with E-state index in [4.69, 9.17) is 0 Å². The molecule has 2 saturated heterocycles. The lowest BCUT2D eigenvalue weighted by Gasteiger charge is -2.38. The van der Waals surface area contributed by atoms with Crippen LogP contribution in [0.1, 0.15) is 29.5 Å². The number of aryl methyl sites for hydroxylation is 2. The van der Waals surface area contributed by atoms with E-state index >= 15 is 0 Å². The molecule has 0 bridgehead atoms. The first-order valence-corrected chi connectivity index (χ1v) is 8.23. The van der Waals surface area contributed by atoms with E-state index in [1.807, 2.05) is 0 Å². The second-order valence-electron chi connectivity index (χ2n) is 7.08. The van der Waals surface area contributed by atoms with Crippen LogP contribution in [0.15, 0.2) is 18.2 Å². The number of benzene rings is 1. The van der Waals surface area contributed by atoms with Gasteiger partial charge in [0.15, 0.2) is 0 Å². The second-order valence-corrected chi connectivity index (χ2v) is 7.08. The Morgan fingerprint density at radius 3 is 2.67 bits per heavy atom. The lowest BCUT2D eigenvalue weighted by atomic mass is 9.71. The molecule has 1 unspecified atom stereocenters. The number of aliphatic hydroxyl groups is 1. The molecule has 0 aliphatic carbocycles. The maximum atomic E-state index is 9.80. The molecule has 3 heteroatoms. The first-order valence-electron chi connectivity index (χ1n) is 8.23. The molecule has 3 rings (SSSR count). The monoisotopic (exact) mass is 288 g/mol. The van der Waals surface area contributed by atoms with Crippen LogP contribution in [0.5, 0.6) is 0 Å². The van der Waals surface area contributed by atoms with Gasteiger partial charge in [-0.05, 0) is 61.9 Å². The molecule has 2 heterocycles. The Bertz CT molecular complexity index is 494. The Hall–Kier alpha value is -0.900. The number of hydrogen-bond donors (Lipinski definition) is 2. The molecule has 0 amide bonds. The van der Waals surface area contributed by atoms with Crippen molar-refractivity contribution in [1.82, 2.24) is 10.2 Å². The highest BCUT2D eigenvalue weighted by molar-refractivity contribution is 5.30. The van der Waals surface area contributed by atoms with Gasteiger partial charge in [0.25, 0.3) is 0 Å². The van der Waals surface area contributed by atoms with Crippen LogP contribution < -0.4 is 5.32 Å². The minimum atomic E-state index is 0.337. The summed E-state index contributed by atoms with van der Waals surface area (Å²) in [4.78, 5) is 2.55. The van der Waals surface area contributed by atoms with Crippen LogP contribution in [0.2, 0.25) is 0 Å². The summed E-state index contributed by atoms with van der Waals surface area (Å²) in [5.74, 6) is 0.450. The largest absolute Gasteiger partial charge is 0.396 e. The maximum absolute atomic E-state index is 9.80. The fraction of sp³-hybridized carbons (Fsp3) is 0.667.